The zero-order chi connectivity index (χ0) is 12.3. The lowest BCUT2D eigenvalue weighted by molar-refractivity contribution is 0.0966. The standard InChI is InChI=1S/C12H12N2O2S.ClH/c1-17-9-4-2-8(3-5-9)10-6-12(16-14-10)11(15)7-13;/h2-6H,7,13H2,1H3;1H. The molecule has 0 aliphatic heterocycles. The molecular weight excluding hydrogens is 272 g/mol. The Morgan fingerprint density at radius 2 is 2.06 bits per heavy atom. The van der Waals surface area contributed by atoms with Gasteiger partial charge in [-0.1, -0.05) is 17.3 Å². The minimum Gasteiger partial charge on any atom is -0.352 e. The number of carbonyl (C=O) groups excluding carboxylic acids is 1. The van der Waals surface area contributed by atoms with Crippen LogP contribution in [0.3, 0.4) is 0 Å². The van der Waals surface area contributed by atoms with E-state index in [-0.39, 0.29) is 30.5 Å². The van der Waals surface area contributed by atoms with E-state index in [1.807, 2.05) is 30.5 Å². The summed E-state index contributed by atoms with van der Waals surface area (Å²) in [5.41, 5.74) is 6.82. The highest BCUT2D eigenvalue weighted by molar-refractivity contribution is 7.98. The van der Waals surface area contributed by atoms with Crippen molar-refractivity contribution in [2.24, 2.45) is 5.73 Å². The number of aromatic nitrogens is 1. The van der Waals surface area contributed by atoms with Crippen LogP contribution in [0.2, 0.25) is 0 Å². The lowest BCUT2D eigenvalue weighted by Gasteiger charge is -1.97. The maximum absolute atomic E-state index is 11.3. The highest BCUT2D eigenvalue weighted by atomic mass is 35.5. The number of benzene rings is 1. The van der Waals surface area contributed by atoms with Gasteiger partial charge in [-0.25, -0.2) is 0 Å². The van der Waals surface area contributed by atoms with Gasteiger partial charge in [0.05, 0.1) is 6.54 Å². The van der Waals surface area contributed by atoms with E-state index in [0.717, 1.165) is 5.56 Å². The second-order valence-corrected chi connectivity index (χ2v) is 4.31. The highest BCUT2D eigenvalue weighted by Gasteiger charge is 2.12. The zero-order valence-electron chi connectivity index (χ0n) is 9.75. The van der Waals surface area contributed by atoms with Crippen LogP contribution >= 0.6 is 24.2 Å². The topological polar surface area (TPSA) is 69.1 Å². The van der Waals surface area contributed by atoms with Crippen molar-refractivity contribution in [3.63, 3.8) is 0 Å². The van der Waals surface area contributed by atoms with Gasteiger partial charge in [0.15, 0.2) is 0 Å². The molecule has 0 spiro atoms. The van der Waals surface area contributed by atoms with Gasteiger partial charge < -0.3 is 10.3 Å². The zero-order valence-corrected chi connectivity index (χ0v) is 11.4. The molecule has 0 atom stereocenters. The van der Waals surface area contributed by atoms with E-state index in [0.29, 0.717) is 5.69 Å². The summed E-state index contributed by atoms with van der Waals surface area (Å²) in [7, 11) is 0. The SMILES string of the molecule is CSc1ccc(-c2cc(C(=O)CN)on2)cc1.Cl. The fourth-order valence-corrected chi connectivity index (χ4v) is 1.81. The molecule has 1 heterocycles. The number of carbonyl (C=O) groups is 1. The van der Waals surface area contributed by atoms with Crippen molar-refractivity contribution in [2.45, 2.75) is 4.90 Å². The third-order valence-electron chi connectivity index (χ3n) is 2.36. The van der Waals surface area contributed by atoms with E-state index < -0.39 is 0 Å². The van der Waals surface area contributed by atoms with Gasteiger partial charge >= 0.3 is 0 Å². The van der Waals surface area contributed by atoms with E-state index in [4.69, 9.17) is 10.3 Å². The normalized spacial score (nSPS) is 9.89. The van der Waals surface area contributed by atoms with Crippen LogP contribution in [0.25, 0.3) is 11.3 Å². The predicted molar refractivity (Wildman–Crippen MR) is 74.4 cm³/mol. The molecule has 0 radical (unpaired) electrons. The second-order valence-electron chi connectivity index (χ2n) is 3.43. The lowest BCUT2D eigenvalue weighted by atomic mass is 10.1. The molecule has 0 bridgehead atoms. The summed E-state index contributed by atoms with van der Waals surface area (Å²) in [6, 6.07) is 9.50. The van der Waals surface area contributed by atoms with Gasteiger partial charge in [-0.05, 0) is 18.4 Å². The van der Waals surface area contributed by atoms with Crippen molar-refractivity contribution in [2.75, 3.05) is 12.8 Å². The number of thioether (sulfide) groups is 1. The fourth-order valence-electron chi connectivity index (χ4n) is 1.41. The van der Waals surface area contributed by atoms with Crippen molar-refractivity contribution >= 4 is 30.0 Å². The first-order chi connectivity index (χ1) is 8.24. The van der Waals surface area contributed by atoms with Crippen LogP contribution in [-0.2, 0) is 0 Å². The predicted octanol–water partition coefficient (Wildman–Crippen LogP) is 2.63. The van der Waals surface area contributed by atoms with Crippen LogP contribution in [0.5, 0.6) is 0 Å². The van der Waals surface area contributed by atoms with Crippen LogP contribution < -0.4 is 5.73 Å². The monoisotopic (exact) mass is 284 g/mol. The highest BCUT2D eigenvalue weighted by Crippen LogP contribution is 2.22. The van der Waals surface area contributed by atoms with Crippen LogP contribution in [0.4, 0.5) is 0 Å². The third kappa shape index (κ3) is 3.13. The maximum atomic E-state index is 11.3. The molecule has 0 fully saturated rings. The average Bonchev–Trinajstić information content (AvgIpc) is 2.87. The van der Waals surface area contributed by atoms with Crippen molar-refractivity contribution in [3.8, 4) is 11.3 Å². The number of hydrogen-bond acceptors (Lipinski definition) is 5. The Bertz CT molecular complexity index is 525. The second kappa shape index (κ2) is 6.58. The Morgan fingerprint density at radius 3 is 2.61 bits per heavy atom. The molecule has 0 saturated heterocycles. The smallest absolute Gasteiger partial charge is 0.214 e. The first-order valence-corrected chi connectivity index (χ1v) is 6.31. The minimum absolute atomic E-state index is 0. The molecule has 0 amide bonds. The van der Waals surface area contributed by atoms with Gasteiger partial charge in [-0.3, -0.25) is 4.79 Å². The first kappa shape index (κ1) is 14.8. The van der Waals surface area contributed by atoms with Crippen molar-refractivity contribution in [3.05, 3.63) is 36.1 Å². The minimum atomic E-state index is -0.246. The molecule has 0 aliphatic carbocycles. The third-order valence-corrected chi connectivity index (χ3v) is 3.10. The fraction of sp³-hybridized carbons (Fsp3) is 0.167. The Kier molecular flexibility index (Phi) is 5.40. The molecule has 1 aromatic carbocycles. The molecule has 1 aromatic heterocycles. The molecule has 0 saturated carbocycles. The first-order valence-electron chi connectivity index (χ1n) is 5.09. The van der Waals surface area contributed by atoms with Gasteiger partial charge in [0.2, 0.25) is 11.5 Å². The molecule has 6 heteroatoms. The van der Waals surface area contributed by atoms with Gasteiger partial charge in [0.25, 0.3) is 0 Å². The molecule has 96 valence electrons. The Morgan fingerprint density at radius 1 is 1.39 bits per heavy atom. The summed E-state index contributed by atoms with van der Waals surface area (Å²) in [4.78, 5) is 12.5. The Labute approximate surface area is 115 Å². The quantitative estimate of drug-likeness (QED) is 0.690. The number of nitrogens with zero attached hydrogens (tertiary/aromatic N) is 1. The molecule has 18 heavy (non-hydrogen) atoms. The van der Waals surface area contributed by atoms with E-state index in [2.05, 4.69) is 5.16 Å². The lowest BCUT2D eigenvalue weighted by Crippen LogP contribution is -2.12. The summed E-state index contributed by atoms with van der Waals surface area (Å²) in [5, 5.41) is 3.85. The molecule has 2 N–H and O–H groups in total. The van der Waals surface area contributed by atoms with Gasteiger partial charge in [0.1, 0.15) is 5.69 Å². The molecule has 4 nitrogen and oxygen atoms in total. The number of ketones is 1. The molecule has 2 rings (SSSR count). The van der Waals surface area contributed by atoms with Crippen molar-refractivity contribution in [1.29, 1.82) is 0 Å². The summed E-state index contributed by atoms with van der Waals surface area (Å²) < 4.78 is 4.94. The van der Waals surface area contributed by atoms with Crippen LogP contribution in [0.15, 0.2) is 39.8 Å². The van der Waals surface area contributed by atoms with Crippen LogP contribution in [0, 0.1) is 0 Å². The van der Waals surface area contributed by atoms with Crippen molar-refractivity contribution < 1.29 is 9.32 Å². The largest absolute Gasteiger partial charge is 0.352 e. The summed E-state index contributed by atoms with van der Waals surface area (Å²) in [6.45, 7) is -0.0694. The number of hydrogen-bond donors (Lipinski definition) is 1. The number of halogens is 1. The molecular formula is C12H13ClN2O2S. The van der Waals surface area contributed by atoms with Crippen LogP contribution in [-0.4, -0.2) is 23.7 Å². The number of nitrogens with two attached hydrogens (primary N) is 1. The molecule has 0 unspecified atom stereocenters. The molecule has 0 aliphatic rings. The number of Topliss-reactive ketones (excluding diaryl/α,β-unsaturated/α-hetero) is 1. The van der Waals surface area contributed by atoms with E-state index >= 15 is 0 Å². The maximum Gasteiger partial charge on any atom is 0.214 e. The van der Waals surface area contributed by atoms with Gasteiger partial charge in [-0.2, -0.15) is 0 Å². The van der Waals surface area contributed by atoms with E-state index in [1.54, 1.807) is 17.8 Å². The van der Waals surface area contributed by atoms with Crippen LogP contribution in [0.1, 0.15) is 10.6 Å². The summed E-state index contributed by atoms with van der Waals surface area (Å²) in [5.74, 6) is -0.0408. The summed E-state index contributed by atoms with van der Waals surface area (Å²) in [6.07, 6.45) is 2.02. The Hall–Kier alpha value is -1.30. The average molecular weight is 285 g/mol. The van der Waals surface area contributed by atoms with Gasteiger partial charge in [0, 0.05) is 16.5 Å². The van der Waals surface area contributed by atoms with Crippen molar-refractivity contribution in [1.82, 2.24) is 5.16 Å². The Balaban J connectivity index is 0.00000162. The number of rotatable bonds is 4. The van der Waals surface area contributed by atoms with Gasteiger partial charge in [-0.15, -0.1) is 24.2 Å². The van der Waals surface area contributed by atoms with E-state index in [1.165, 1.54) is 4.90 Å². The molecule has 2 aromatic rings. The van der Waals surface area contributed by atoms with E-state index in [9.17, 15) is 4.79 Å². The summed E-state index contributed by atoms with van der Waals surface area (Å²) >= 11 is 1.67.